The summed E-state index contributed by atoms with van der Waals surface area (Å²) in [6.07, 6.45) is 1.70. The summed E-state index contributed by atoms with van der Waals surface area (Å²) < 4.78 is 0. The molecule has 0 bridgehead atoms. The van der Waals surface area contributed by atoms with Gasteiger partial charge in [-0.05, 0) is 0 Å². The van der Waals surface area contributed by atoms with E-state index < -0.39 is 0 Å². The highest BCUT2D eigenvalue weighted by atomic mass is 35.5. The molecule has 0 unspecified atom stereocenters. The highest BCUT2D eigenvalue weighted by molar-refractivity contribution is 6.42. The second-order valence-corrected chi connectivity index (χ2v) is 2.22. The van der Waals surface area contributed by atoms with Crippen LogP contribution in [0.4, 0.5) is 0 Å². The van der Waals surface area contributed by atoms with Crippen molar-refractivity contribution in [1.29, 1.82) is 0 Å². The topological polar surface area (TPSA) is 42.9 Å². The molecule has 3 nitrogen and oxygen atoms in total. The molecule has 0 fully saturated rings. The fourth-order valence-electron chi connectivity index (χ4n) is 0.443. The number of nitrogens with zero attached hydrogens (tertiary/aromatic N) is 2. The lowest BCUT2D eigenvalue weighted by atomic mass is 10.4. The quantitative estimate of drug-likeness (QED) is 0.483. The molecule has 5 heteroatoms. The number of aromatic nitrogens is 2. The molecule has 1 heterocycles. The highest BCUT2D eigenvalue weighted by Crippen LogP contribution is 2.19. The second-order valence-electron chi connectivity index (χ2n) is 1.48. The molecule has 0 aromatic carbocycles. The van der Waals surface area contributed by atoms with Gasteiger partial charge in [0.25, 0.3) is 0 Å². The molecule has 0 saturated carbocycles. The number of hydrogen-bond donors (Lipinski definition) is 0. The maximum atomic E-state index is 10.1. The molecule has 0 aliphatic carbocycles. The molecule has 0 atom stereocenters. The molecule has 1 aromatic heterocycles. The molecule has 1 rings (SSSR count). The fourth-order valence-corrected chi connectivity index (χ4v) is 0.726. The van der Waals surface area contributed by atoms with E-state index in [9.17, 15) is 4.79 Å². The van der Waals surface area contributed by atoms with Crippen LogP contribution in [0.3, 0.4) is 0 Å². The normalized spacial score (nSPS) is 9.40. The molecular formula is C5H2Cl2N2O. The molecule has 1 aromatic rings. The van der Waals surface area contributed by atoms with Gasteiger partial charge in [0.1, 0.15) is 17.0 Å². The van der Waals surface area contributed by atoms with Gasteiger partial charge in [0.15, 0.2) is 11.4 Å². The van der Waals surface area contributed by atoms with Crippen LogP contribution < -0.4 is 0 Å². The van der Waals surface area contributed by atoms with Crippen LogP contribution in [-0.2, 0) is 0 Å². The third kappa shape index (κ3) is 1.25. The number of rotatable bonds is 1. The number of hydrogen-bond acceptors (Lipinski definition) is 3. The average Bonchev–Trinajstić information content (AvgIpc) is 1.95. The van der Waals surface area contributed by atoms with E-state index in [0.29, 0.717) is 6.29 Å². The van der Waals surface area contributed by atoms with E-state index in [1.807, 2.05) is 0 Å². The Morgan fingerprint density at radius 2 is 2.10 bits per heavy atom. The summed E-state index contributed by atoms with van der Waals surface area (Å²) in [7, 11) is 0. The van der Waals surface area contributed by atoms with E-state index in [2.05, 4.69) is 9.97 Å². The van der Waals surface area contributed by atoms with Crippen LogP contribution in [0.2, 0.25) is 10.2 Å². The van der Waals surface area contributed by atoms with Crippen LogP contribution in [0.25, 0.3) is 0 Å². The predicted octanol–water partition coefficient (Wildman–Crippen LogP) is 1.60. The largest absolute Gasteiger partial charge is 0.296 e. The Labute approximate surface area is 67.0 Å². The van der Waals surface area contributed by atoms with Gasteiger partial charge >= 0.3 is 0 Å². The van der Waals surface area contributed by atoms with Crippen molar-refractivity contribution in [2.24, 2.45) is 0 Å². The molecule has 0 aliphatic rings. The zero-order valence-electron chi connectivity index (χ0n) is 4.71. The van der Waals surface area contributed by atoms with E-state index in [4.69, 9.17) is 23.2 Å². The minimum atomic E-state index is 0.0961. The van der Waals surface area contributed by atoms with Crippen LogP contribution >= 0.6 is 23.2 Å². The van der Waals surface area contributed by atoms with E-state index in [1.165, 1.54) is 6.33 Å². The molecular weight excluding hydrogens is 175 g/mol. The summed E-state index contributed by atoms with van der Waals surface area (Å²) in [6.45, 7) is 0. The Bertz CT molecular complexity index is 264. The van der Waals surface area contributed by atoms with Crippen molar-refractivity contribution in [3.63, 3.8) is 0 Å². The molecule has 0 spiro atoms. The zero-order chi connectivity index (χ0) is 7.56. The molecule has 0 aliphatic heterocycles. The number of halogens is 2. The van der Waals surface area contributed by atoms with E-state index in [0.717, 1.165) is 0 Å². The van der Waals surface area contributed by atoms with E-state index in [-0.39, 0.29) is 15.9 Å². The number of carbonyl (C=O) groups is 1. The van der Waals surface area contributed by atoms with Crippen molar-refractivity contribution in [2.75, 3.05) is 0 Å². The van der Waals surface area contributed by atoms with Gasteiger partial charge in [0, 0.05) is 0 Å². The predicted molar refractivity (Wildman–Crippen MR) is 37.4 cm³/mol. The number of aldehydes is 1. The van der Waals surface area contributed by atoms with Crippen molar-refractivity contribution < 1.29 is 4.79 Å². The van der Waals surface area contributed by atoms with Crippen molar-refractivity contribution in [1.82, 2.24) is 9.97 Å². The summed E-state index contributed by atoms with van der Waals surface area (Å²) in [5.41, 5.74) is 0.113. The first-order valence-corrected chi connectivity index (χ1v) is 3.12. The minimum absolute atomic E-state index is 0.0961. The SMILES string of the molecule is O=Cc1ncnc(Cl)c1Cl. The summed E-state index contributed by atoms with van der Waals surface area (Å²) in [4.78, 5) is 17.3. The monoisotopic (exact) mass is 176 g/mol. The third-order valence-corrected chi connectivity index (χ3v) is 1.64. The van der Waals surface area contributed by atoms with Crippen molar-refractivity contribution >= 4 is 29.5 Å². The summed E-state index contributed by atoms with van der Waals surface area (Å²) in [5, 5.41) is 0.193. The summed E-state index contributed by atoms with van der Waals surface area (Å²) in [5.74, 6) is 0. The van der Waals surface area contributed by atoms with Gasteiger partial charge in [-0.1, -0.05) is 23.2 Å². The van der Waals surface area contributed by atoms with Crippen molar-refractivity contribution in [3.05, 3.63) is 22.2 Å². The smallest absolute Gasteiger partial charge is 0.170 e. The Hall–Kier alpha value is -0.670. The van der Waals surface area contributed by atoms with Crippen molar-refractivity contribution in [2.45, 2.75) is 0 Å². The lowest BCUT2D eigenvalue weighted by Gasteiger charge is -1.93. The summed E-state index contributed by atoms with van der Waals surface area (Å²) >= 11 is 11.0. The fraction of sp³-hybridized carbons (Fsp3) is 0. The Kier molecular flexibility index (Phi) is 2.19. The van der Waals surface area contributed by atoms with Crippen LogP contribution in [0.5, 0.6) is 0 Å². The first-order chi connectivity index (χ1) is 4.75. The molecule has 0 saturated heterocycles. The minimum Gasteiger partial charge on any atom is -0.296 e. The lowest BCUT2D eigenvalue weighted by molar-refractivity contribution is 0.111. The Morgan fingerprint density at radius 1 is 1.40 bits per heavy atom. The van der Waals surface area contributed by atoms with Crippen LogP contribution in [0, 0.1) is 0 Å². The average molecular weight is 177 g/mol. The van der Waals surface area contributed by atoms with E-state index in [1.54, 1.807) is 0 Å². The lowest BCUT2D eigenvalue weighted by Crippen LogP contribution is -1.90. The Morgan fingerprint density at radius 3 is 2.60 bits per heavy atom. The first kappa shape index (κ1) is 7.44. The highest BCUT2D eigenvalue weighted by Gasteiger charge is 2.04. The second kappa shape index (κ2) is 2.94. The third-order valence-electron chi connectivity index (χ3n) is 0.886. The Balaban J connectivity index is 3.27. The van der Waals surface area contributed by atoms with Crippen LogP contribution in [-0.4, -0.2) is 16.3 Å². The van der Waals surface area contributed by atoms with Gasteiger partial charge < -0.3 is 0 Å². The van der Waals surface area contributed by atoms with Gasteiger partial charge in [0.2, 0.25) is 0 Å². The van der Waals surface area contributed by atoms with Gasteiger partial charge in [-0.3, -0.25) is 4.79 Å². The van der Waals surface area contributed by atoms with Crippen LogP contribution in [0.15, 0.2) is 6.33 Å². The zero-order valence-corrected chi connectivity index (χ0v) is 6.23. The van der Waals surface area contributed by atoms with Gasteiger partial charge in [0.05, 0.1) is 0 Å². The maximum absolute atomic E-state index is 10.1. The van der Waals surface area contributed by atoms with Crippen LogP contribution in [0.1, 0.15) is 10.5 Å². The van der Waals surface area contributed by atoms with Gasteiger partial charge in [-0.15, -0.1) is 0 Å². The number of carbonyl (C=O) groups excluding carboxylic acids is 1. The van der Waals surface area contributed by atoms with Gasteiger partial charge in [-0.25, -0.2) is 9.97 Å². The summed E-state index contributed by atoms with van der Waals surface area (Å²) in [6, 6.07) is 0. The molecule has 0 N–H and O–H groups in total. The van der Waals surface area contributed by atoms with E-state index >= 15 is 0 Å². The molecule has 10 heavy (non-hydrogen) atoms. The molecule has 0 amide bonds. The molecule has 0 radical (unpaired) electrons. The maximum Gasteiger partial charge on any atom is 0.170 e. The standard InChI is InChI=1S/C5H2Cl2N2O/c6-4-3(1-10)8-2-9-5(4)7/h1-2H. The molecule has 52 valence electrons. The van der Waals surface area contributed by atoms with Crippen molar-refractivity contribution in [3.8, 4) is 0 Å². The first-order valence-electron chi connectivity index (χ1n) is 2.37. The van der Waals surface area contributed by atoms with Gasteiger partial charge in [-0.2, -0.15) is 0 Å².